The molecule has 0 aliphatic carbocycles. The molecule has 3 rings (SSSR count). The first-order chi connectivity index (χ1) is 12.3. The van der Waals surface area contributed by atoms with Gasteiger partial charge in [0.25, 0.3) is 0 Å². The molecule has 142 valence electrons. The van der Waals surface area contributed by atoms with E-state index in [1.54, 1.807) is 7.11 Å². The monoisotopic (exact) mass is 380 g/mol. The van der Waals surface area contributed by atoms with Gasteiger partial charge in [-0.1, -0.05) is 35.5 Å². The minimum absolute atomic E-state index is 0. The summed E-state index contributed by atoms with van der Waals surface area (Å²) < 4.78 is 10.5. The molecule has 26 heavy (non-hydrogen) atoms. The fourth-order valence-electron chi connectivity index (χ4n) is 3.03. The number of carbonyl (C=O) groups excluding carboxylic acids is 1. The van der Waals surface area contributed by atoms with Crippen molar-refractivity contribution >= 4 is 18.3 Å². The molecule has 7 nitrogen and oxygen atoms in total. The second-order valence-electron chi connectivity index (χ2n) is 6.09. The van der Waals surface area contributed by atoms with Crippen molar-refractivity contribution in [3.8, 4) is 11.4 Å². The van der Waals surface area contributed by atoms with E-state index in [0.29, 0.717) is 31.4 Å². The van der Waals surface area contributed by atoms with Crippen molar-refractivity contribution in [1.82, 2.24) is 20.4 Å². The second kappa shape index (κ2) is 10.3. The molecule has 2 aromatic rings. The van der Waals surface area contributed by atoms with E-state index in [9.17, 15) is 4.79 Å². The van der Waals surface area contributed by atoms with Gasteiger partial charge in [-0.25, -0.2) is 0 Å². The van der Waals surface area contributed by atoms with Crippen molar-refractivity contribution in [1.29, 1.82) is 0 Å². The number of nitrogens with zero attached hydrogens (tertiary/aromatic N) is 3. The van der Waals surface area contributed by atoms with Crippen molar-refractivity contribution in [3.63, 3.8) is 0 Å². The van der Waals surface area contributed by atoms with Crippen LogP contribution in [0, 0.1) is 0 Å². The van der Waals surface area contributed by atoms with Crippen LogP contribution in [0.1, 0.15) is 31.2 Å². The molecule has 2 heterocycles. The Hall–Kier alpha value is -1.96. The molecule has 1 atom stereocenters. The summed E-state index contributed by atoms with van der Waals surface area (Å²) in [6.45, 7) is 2.25. The number of hydrogen-bond donors (Lipinski definition) is 1. The Morgan fingerprint density at radius 1 is 1.35 bits per heavy atom. The Morgan fingerprint density at radius 3 is 2.92 bits per heavy atom. The van der Waals surface area contributed by atoms with Crippen molar-refractivity contribution in [2.24, 2.45) is 0 Å². The summed E-state index contributed by atoms with van der Waals surface area (Å²) in [5.41, 5.74) is 0.910. The van der Waals surface area contributed by atoms with Crippen LogP contribution in [0.5, 0.6) is 0 Å². The van der Waals surface area contributed by atoms with Gasteiger partial charge in [0.1, 0.15) is 6.04 Å². The largest absolute Gasteiger partial charge is 0.383 e. The van der Waals surface area contributed by atoms with Gasteiger partial charge in [-0.3, -0.25) is 4.79 Å². The zero-order valence-corrected chi connectivity index (χ0v) is 15.7. The zero-order chi connectivity index (χ0) is 17.5. The number of methoxy groups -OCH3 is 1. The number of halogens is 1. The van der Waals surface area contributed by atoms with Crippen molar-refractivity contribution in [3.05, 3.63) is 36.2 Å². The molecule has 1 aliphatic heterocycles. The lowest BCUT2D eigenvalue weighted by atomic mass is 10.0. The Labute approximate surface area is 159 Å². The average molecular weight is 381 g/mol. The Bertz CT molecular complexity index is 680. The normalized spacial score (nSPS) is 17.0. The van der Waals surface area contributed by atoms with Gasteiger partial charge >= 0.3 is 0 Å². The van der Waals surface area contributed by atoms with Gasteiger partial charge in [-0.2, -0.15) is 4.98 Å². The number of rotatable bonds is 7. The number of aromatic nitrogens is 2. The highest BCUT2D eigenvalue weighted by molar-refractivity contribution is 5.85. The van der Waals surface area contributed by atoms with Gasteiger partial charge < -0.3 is 19.5 Å². The van der Waals surface area contributed by atoms with Crippen molar-refractivity contribution in [2.45, 2.75) is 25.3 Å². The van der Waals surface area contributed by atoms with Crippen LogP contribution in [0.25, 0.3) is 11.4 Å². The zero-order valence-electron chi connectivity index (χ0n) is 14.9. The van der Waals surface area contributed by atoms with E-state index in [1.807, 2.05) is 35.2 Å². The highest BCUT2D eigenvalue weighted by Crippen LogP contribution is 2.31. The molecular formula is C18H25ClN4O3. The van der Waals surface area contributed by atoms with E-state index in [0.717, 1.165) is 31.4 Å². The lowest BCUT2D eigenvalue weighted by Crippen LogP contribution is -2.43. The summed E-state index contributed by atoms with van der Waals surface area (Å²) >= 11 is 0. The molecule has 1 saturated heterocycles. The Kier molecular flexibility index (Phi) is 8.03. The molecule has 0 bridgehead atoms. The maximum absolute atomic E-state index is 12.6. The maximum atomic E-state index is 12.6. The van der Waals surface area contributed by atoms with Crippen LogP contribution in [0.2, 0.25) is 0 Å². The SMILES string of the molecule is COCCNCC(=O)N1CCCCC1c1nc(-c2ccccc2)no1.Cl. The average Bonchev–Trinajstić information content (AvgIpc) is 3.16. The quantitative estimate of drug-likeness (QED) is 0.743. The van der Waals surface area contributed by atoms with E-state index in [4.69, 9.17) is 9.26 Å². The van der Waals surface area contributed by atoms with E-state index in [2.05, 4.69) is 15.5 Å². The first-order valence-corrected chi connectivity index (χ1v) is 8.67. The van der Waals surface area contributed by atoms with Crippen LogP contribution in [-0.4, -0.2) is 54.3 Å². The minimum Gasteiger partial charge on any atom is -0.383 e. The highest BCUT2D eigenvalue weighted by Gasteiger charge is 2.31. The second-order valence-corrected chi connectivity index (χ2v) is 6.09. The van der Waals surface area contributed by atoms with Crippen molar-refractivity contribution in [2.75, 3.05) is 33.4 Å². The molecule has 1 aliphatic rings. The number of amides is 1. The fraction of sp³-hybridized carbons (Fsp3) is 0.500. The number of ether oxygens (including phenoxy) is 1. The number of piperidine rings is 1. The summed E-state index contributed by atoms with van der Waals surface area (Å²) in [5, 5.41) is 7.19. The summed E-state index contributed by atoms with van der Waals surface area (Å²) in [7, 11) is 1.64. The van der Waals surface area contributed by atoms with Crippen LogP contribution in [0.3, 0.4) is 0 Å². The topological polar surface area (TPSA) is 80.5 Å². The predicted molar refractivity (Wildman–Crippen MR) is 100 cm³/mol. The minimum atomic E-state index is -0.143. The smallest absolute Gasteiger partial charge is 0.249 e. The predicted octanol–water partition coefficient (Wildman–Crippen LogP) is 2.45. The molecule has 1 amide bonds. The molecule has 0 saturated carbocycles. The molecule has 1 N–H and O–H groups in total. The molecular weight excluding hydrogens is 356 g/mol. The summed E-state index contributed by atoms with van der Waals surface area (Å²) in [5.74, 6) is 1.14. The molecule has 0 radical (unpaired) electrons. The standard InChI is InChI=1S/C18H24N4O3.ClH/c1-24-12-10-19-13-16(23)22-11-6-5-9-15(22)18-20-17(21-25-18)14-7-3-2-4-8-14;/h2-4,7-8,15,19H,5-6,9-13H2,1H3;1H. The van der Waals surface area contributed by atoms with Crippen LogP contribution in [-0.2, 0) is 9.53 Å². The third kappa shape index (κ3) is 5.03. The van der Waals surface area contributed by atoms with E-state index in [-0.39, 0.29) is 24.4 Å². The van der Waals surface area contributed by atoms with Crippen LogP contribution in [0.4, 0.5) is 0 Å². The summed E-state index contributed by atoms with van der Waals surface area (Å²) in [6.07, 6.45) is 2.90. The number of nitrogens with one attached hydrogen (secondary N) is 1. The first kappa shape index (κ1) is 20.4. The third-order valence-electron chi connectivity index (χ3n) is 4.34. The lowest BCUT2D eigenvalue weighted by molar-refractivity contribution is -0.134. The summed E-state index contributed by atoms with van der Waals surface area (Å²) in [4.78, 5) is 18.9. The number of carbonyl (C=O) groups is 1. The van der Waals surface area contributed by atoms with E-state index >= 15 is 0 Å². The summed E-state index contributed by atoms with van der Waals surface area (Å²) in [6, 6.07) is 9.57. The van der Waals surface area contributed by atoms with Gasteiger partial charge in [-0.15, -0.1) is 12.4 Å². The van der Waals surface area contributed by atoms with E-state index < -0.39 is 0 Å². The molecule has 8 heteroatoms. The fourth-order valence-corrected chi connectivity index (χ4v) is 3.03. The van der Waals surface area contributed by atoms with Gasteiger partial charge in [0.05, 0.1) is 13.2 Å². The number of benzene rings is 1. The maximum Gasteiger partial charge on any atom is 0.249 e. The Balaban J connectivity index is 0.00000243. The number of hydrogen-bond acceptors (Lipinski definition) is 6. The number of likely N-dealkylation sites (tertiary alicyclic amines) is 1. The molecule has 0 spiro atoms. The van der Waals surface area contributed by atoms with Gasteiger partial charge in [-0.05, 0) is 19.3 Å². The van der Waals surface area contributed by atoms with E-state index in [1.165, 1.54) is 0 Å². The highest BCUT2D eigenvalue weighted by atomic mass is 35.5. The van der Waals surface area contributed by atoms with Gasteiger partial charge in [0.15, 0.2) is 0 Å². The third-order valence-corrected chi connectivity index (χ3v) is 4.34. The molecule has 1 unspecified atom stereocenters. The van der Waals surface area contributed by atoms with Crippen LogP contribution in [0.15, 0.2) is 34.9 Å². The van der Waals surface area contributed by atoms with Gasteiger partial charge in [0, 0.05) is 25.8 Å². The van der Waals surface area contributed by atoms with Gasteiger partial charge in [0.2, 0.25) is 17.6 Å². The Morgan fingerprint density at radius 2 is 2.15 bits per heavy atom. The molecule has 1 aromatic carbocycles. The molecule has 1 fully saturated rings. The van der Waals surface area contributed by atoms with Crippen LogP contribution < -0.4 is 5.32 Å². The van der Waals surface area contributed by atoms with Crippen LogP contribution >= 0.6 is 12.4 Å². The molecule has 1 aromatic heterocycles. The van der Waals surface area contributed by atoms with Crippen molar-refractivity contribution < 1.29 is 14.1 Å². The lowest BCUT2D eigenvalue weighted by Gasteiger charge is -2.33. The first-order valence-electron chi connectivity index (χ1n) is 8.67.